The smallest absolute Gasteiger partial charge is 0.258 e. The molecule has 0 aromatic heterocycles. The van der Waals surface area contributed by atoms with Gasteiger partial charge in [0, 0.05) is 10.9 Å². The fourth-order valence-electron chi connectivity index (χ4n) is 2.55. The van der Waals surface area contributed by atoms with Crippen molar-refractivity contribution in [3.63, 3.8) is 0 Å². The third-order valence-electron chi connectivity index (χ3n) is 3.64. The van der Waals surface area contributed by atoms with E-state index in [9.17, 15) is 4.79 Å². The highest BCUT2D eigenvalue weighted by molar-refractivity contribution is 9.10. The maximum absolute atomic E-state index is 12.1. The molecule has 0 bridgehead atoms. The lowest BCUT2D eigenvalue weighted by Crippen LogP contribution is -2.27. The van der Waals surface area contributed by atoms with Crippen molar-refractivity contribution in [2.75, 3.05) is 5.88 Å². The topological polar surface area (TPSA) is 32.7 Å². The lowest BCUT2D eigenvalue weighted by atomic mass is 9.98. The summed E-state index contributed by atoms with van der Waals surface area (Å²) in [5, 5.41) is 6.03. The summed E-state index contributed by atoms with van der Waals surface area (Å²) in [6.45, 7) is 0. The van der Waals surface area contributed by atoms with Crippen LogP contribution in [-0.2, 0) is 4.79 Å². The molecule has 1 aliphatic rings. The number of nitrogens with zero attached hydrogens (tertiary/aromatic N) is 2. The van der Waals surface area contributed by atoms with Gasteiger partial charge in [0.1, 0.15) is 5.88 Å². The summed E-state index contributed by atoms with van der Waals surface area (Å²) in [6, 6.07) is 17.8. The standard InChI is InChI=1S/C17H14BrClN2O/c18-14-8-6-12(7-9-14)15-10-16(13-4-2-1-3-5-13)21(20-15)17(22)11-19/h1-9,16H,10-11H2. The zero-order valence-electron chi connectivity index (χ0n) is 11.7. The second-order valence-corrected chi connectivity index (χ2v) is 6.24. The first-order valence-electron chi connectivity index (χ1n) is 6.95. The maximum Gasteiger partial charge on any atom is 0.258 e. The van der Waals surface area contributed by atoms with Crippen LogP contribution in [-0.4, -0.2) is 22.5 Å². The van der Waals surface area contributed by atoms with Crippen LogP contribution >= 0.6 is 27.5 Å². The lowest BCUT2D eigenvalue weighted by Gasteiger charge is -2.21. The van der Waals surface area contributed by atoms with Gasteiger partial charge in [-0.2, -0.15) is 5.10 Å². The molecule has 1 heterocycles. The van der Waals surface area contributed by atoms with E-state index in [1.807, 2.05) is 54.6 Å². The number of alkyl halides is 1. The second-order valence-electron chi connectivity index (χ2n) is 5.06. The predicted octanol–water partition coefficient (Wildman–Crippen LogP) is 4.37. The number of benzene rings is 2. The number of carbonyl (C=O) groups is 1. The molecule has 1 atom stereocenters. The van der Waals surface area contributed by atoms with Gasteiger partial charge in [0.2, 0.25) is 0 Å². The second kappa shape index (κ2) is 6.63. The fourth-order valence-corrected chi connectivity index (χ4v) is 2.94. The molecule has 112 valence electrons. The number of hydrogen-bond donors (Lipinski definition) is 0. The van der Waals surface area contributed by atoms with E-state index in [-0.39, 0.29) is 17.8 Å². The Labute approximate surface area is 142 Å². The first-order valence-corrected chi connectivity index (χ1v) is 8.28. The Morgan fingerprint density at radius 3 is 2.50 bits per heavy atom. The molecule has 2 aromatic rings. The predicted molar refractivity (Wildman–Crippen MR) is 92.0 cm³/mol. The highest BCUT2D eigenvalue weighted by atomic mass is 79.9. The van der Waals surface area contributed by atoms with Gasteiger partial charge in [-0.25, -0.2) is 5.01 Å². The normalized spacial score (nSPS) is 17.5. The van der Waals surface area contributed by atoms with Crippen LogP contribution in [0, 0.1) is 0 Å². The third-order valence-corrected chi connectivity index (χ3v) is 4.40. The van der Waals surface area contributed by atoms with E-state index in [0.29, 0.717) is 6.42 Å². The molecule has 2 aromatic carbocycles. The Morgan fingerprint density at radius 2 is 1.86 bits per heavy atom. The Kier molecular flexibility index (Phi) is 4.60. The van der Waals surface area contributed by atoms with Gasteiger partial charge in [-0.15, -0.1) is 11.6 Å². The van der Waals surface area contributed by atoms with Crippen molar-refractivity contribution in [1.82, 2.24) is 5.01 Å². The van der Waals surface area contributed by atoms with E-state index >= 15 is 0 Å². The van der Waals surface area contributed by atoms with Crippen molar-refractivity contribution in [2.45, 2.75) is 12.5 Å². The molecule has 0 fully saturated rings. The van der Waals surface area contributed by atoms with Gasteiger partial charge in [0.05, 0.1) is 11.8 Å². The summed E-state index contributed by atoms with van der Waals surface area (Å²) >= 11 is 9.16. The highest BCUT2D eigenvalue weighted by Gasteiger charge is 2.32. The van der Waals surface area contributed by atoms with Crippen LogP contribution < -0.4 is 0 Å². The summed E-state index contributed by atoms with van der Waals surface area (Å²) in [7, 11) is 0. The number of rotatable bonds is 3. The van der Waals surface area contributed by atoms with Gasteiger partial charge in [-0.05, 0) is 23.3 Å². The molecule has 5 heteroatoms. The minimum absolute atomic E-state index is 0.0690. The van der Waals surface area contributed by atoms with Crippen molar-refractivity contribution in [1.29, 1.82) is 0 Å². The van der Waals surface area contributed by atoms with Gasteiger partial charge in [-0.3, -0.25) is 4.79 Å². The Hall–Kier alpha value is -1.65. The van der Waals surface area contributed by atoms with Crippen LogP contribution in [0.2, 0.25) is 0 Å². The molecule has 1 amide bonds. The average molecular weight is 378 g/mol. The van der Waals surface area contributed by atoms with E-state index in [2.05, 4.69) is 21.0 Å². The molecule has 0 saturated carbocycles. The molecular weight excluding hydrogens is 364 g/mol. The molecule has 22 heavy (non-hydrogen) atoms. The van der Waals surface area contributed by atoms with Gasteiger partial charge in [0.15, 0.2) is 0 Å². The van der Waals surface area contributed by atoms with Crippen molar-refractivity contribution in [2.24, 2.45) is 5.10 Å². The molecule has 0 saturated heterocycles. The first kappa shape index (κ1) is 15.3. The van der Waals surface area contributed by atoms with E-state index in [0.717, 1.165) is 21.3 Å². The zero-order valence-corrected chi connectivity index (χ0v) is 14.1. The van der Waals surface area contributed by atoms with Crippen LogP contribution in [0.25, 0.3) is 0 Å². The molecule has 1 unspecified atom stereocenters. The molecule has 0 spiro atoms. The molecule has 1 aliphatic heterocycles. The van der Waals surface area contributed by atoms with Crippen LogP contribution in [0.3, 0.4) is 0 Å². The quantitative estimate of drug-likeness (QED) is 0.731. The Balaban J connectivity index is 1.94. The number of hydrogen-bond acceptors (Lipinski definition) is 2. The zero-order chi connectivity index (χ0) is 15.5. The number of amides is 1. The van der Waals surface area contributed by atoms with Crippen molar-refractivity contribution in [3.8, 4) is 0 Å². The first-order chi connectivity index (χ1) is 10.7. The lowest BCUT2D eigenvalue weighted by molar-refractivity contribution is -0.130. The third kappa shape index (κ3) is 3.08. The number of carbonyl (C=O) groups excluding carboxylic acids is 1. The molecule has 3 rings (SSSR count). The monoisotopic (exact) mass is 376 g/mol. The van der Waals surface area contributed by atoms with Gasteiger partial charge >= 0.3 is 0 Å². The highest BCUT2D eigenvalue weighted by Crippen LogP contribution is 2.33. The Morgan fingerprint density at radius 1 is 1.18 bits per heavy atom. The number of hydrazone groups is 1. The van der Waals surface area contributed by atoms with Crippen LogP contribution in [0.5, 0.6) is 0 Å². The van der Waals surface area contributed by atoms with E-state index in [1.165, 1.54) is 5.01 Å². The van der Waals surface area contributed by atoms with E-state index in [1.54, 1.807) is 0 Å². The van der Waals surface area contributed by atoms with Crippen LogP contribution in [0.15, 0.2) is 64.2 Å². The maximum atomic E-state index is 12.1. The fraction of sp³-hybridized carbons (Fsp3) is 0.176. The molecular formula is C17H14BrClN2O. The van der Waals surface area contributed by atoms with Crippen molar-refractivity contribution >= 4 is 39.1 Å². The van der Waals surface area contributed by atoms with Gasteiger partial charge in [-0.1, -0.05) is 58.4 Å². The molecule has 0 aliphatic carbocycles. The summed E-state index contributed by atoms with van der Waals surface area (Å²) < 4.78 is 1.02. The average Bonchev–Trinajstić information content (AvgIpc) is 3.01. The molecule has 0 radical (unpaired) electrons. The van der Waals surface area contributed by atoms with Crippen LogP contribution in [0.1, 0.15) is 23.6 Å². The van der Waals surface area contributed by atoms with E-state index in [4.69, 9.17) is 11.6 Å². The summed E-state index contributed by atoms with van der Waals surface area (Å²) in [5.41, 5.74) is 2.99. The molecule has 3 nitrogen and oxygen atoms in total. The van der Waals surface area contributed by atoms with Crippen molar-refractivity contribution in [3.05, 3.63) is 70.2 Å². The number of halogens is 2. The SMILES string of the molecule is O=C(CCl)N1N=C(c2ccc(Br)cc2)CC1c1ccccc1. The van der Waals surface area contributed by atoms with Crippen molar-refractivity contribution < 1.29 is 4.79 Å². The summed E-state index contributed by atoms with van der Waals surface area (Å²) in [4.78, 5) is 12.1. The van der Waals surface area contributed by atoms with Gasteiger partial charge in [0.25, 0.3) is 5.91 Å². The van der Waals surface area contributed by atoms with Crippen LogP contribution in [0.4, 0.5) is 0 Å². The Bertz CT molecular complexity index is 700. The molecule has 0 N–H and O–H groups in total. The van der Waals surface area contributed by atoms with Gasteiger partial charge < -0.3 is 0 Å². The minimum atomic E-state index is -0.178. The summed E-state index contributed by atoms with van der Waals surface area (Å²) in [6.07, 6.45) is 0.689. The minimum Gasteiger partial charge on any atom is -0.272 e. The van der Waals surface area contributed by atoms with E-state index < -0.39 is 0 Å². The summed E-state index contributed by atoms with van der Waals surface area (Å²) in [5.74, 6) is -0.247. The largest absolute Gasteiger partial charge is 0.272 e.